The van der Waals surface area contributed by atoms with Crippen LogP contribution in [0.1, 0.15) is 24.0 Å². The monoisotopic (exact) mass is 335 g/mol. The van der Waals surface area contributed by atoms with Crippen LogP contribution in [0.25, 0.3) is 17.1 Å². The van der Waals surface area contributed by atoms with Crippen molar-refractivity contribution in [2.45, 2.75) is 27.2 Å². The molecule has 0 aliphatic heterocycles. The lowest BCUT2D eigenvalue weighted by Crippen LogP contribution is -2.04. The number of benzene rings is 1. The summed E-state index contributed by atoms with van der Waals surface area (Å²) in [6, 6.07) is 5.94. The zero-order valence-corrected chi connectivity index (χ0v) is 14.2. The topological polar surface area (TPSA) is 92.1 Å². The Morgan fingerprint density at radius 1 is 0.680 bits per heavy atom. The molecule has 126 valence electrons. The molecular formula is C16H17N9. The minimum absolute atomic E-state index is 0.830. The molecule has 9 heteroatoms. The number of rotatable bonds is 4. The number of aryl methyl sites for hydroxylation is 3. The predicted octanol–water partition coefficient (Wildman–Crippen LogP) is 1.61. The first-order chi connectivity index (χ1) is 12.1. The maximum atomic E-state index is 4.21. The van der Waals surface area contributed by atoms with Crippen molar-refractivity contribution >= 4 is 0 Å². The molecule has 0 radical (unpaired) electrons. The van der Waals surface area contributed by atoms with Gasteiger partial charge in [0.2, 0.25) is 0 Å². The molecule has 0 atom stereocenters. The third kappa shape index (κ3) is 2.91. The fourth-order valence-corrected chi connectivity index (χ4v) is 2.51. The van der Waals surface area contributed by atoms with E-state index < -0.39 is 0 Å². The molecule has 0 bridgehead atoms. The molecule has 0 spiro atoms. The van der Waals surface area contributed by atoms with Crippen LogP contribution in [-0.2, 0) is 6.42 Å². The first-order valence-electron chi connectivity index (χ1n) is 7.97. The van der Waals surface area contributed by atoms with Gasteiger partial charge in [0.05, 0.1) is 52.7 Å². The molecule has 0 N–H and O–H groups in total. The molecule has 3 aromatic heterocycles. The summed E-state index contributed by atoms with van der Waals surface area (Å²) in [5.41, 5.74) is 5.20. The van der Waals surface area contributed by atoms with E-state index in [0.29, 0.717) is 0 Å². The van der Waals surface area contributed by atoms with Crippen LogP contribution in [0.3, 0.4) is 0 Å². The van der Waals surface area contributed by atoms with E-state index in [1.165, 1.54) is 0 Å². The van der Waals surface area contributed by atoms with Gasteiger partial charge in [-0.1, -0.05) is 22.6 Å². The molecule has 1 aromatic carbocycles. The van der Waals surface area contributed by atoms with E-state index in [1.807, 2.05) is 57.6 Å². The number of hydrogen-bond donors (Lipinski definition) is 0. The second-order valence-electron chi connectivity index (χ2n) is 5.82. The van der Waals surface area contributed by atoms with Crippen LogP contribution in [0.4, 0.5) is 0 Å². The summed E-state index contributed by atoms with van der Waals surface area (Å²) in [7, 11) is 0. The first kappa shape index (κ1) is 15.2. The summed E-state index contributed by atoms with van der Waals surface area (Å²) in [4.78, 5) is 0. The van der Waals surface area contributed by atoms with E-state index in [1.54, 1.807) is 14.0 Å². The van der Waals surface area contributed by atoms with Crippen LogP contribution in [-0.4, -0.2) is 45.0 Å². The highest BCUT2D eigenvalue weighted by atomic mass is 15.4. The van der Waals surface area contributed by atoms with Gasteiger partial charge in [-0.25, -0.2) is 14.0 Å². The van der Waals surface area contributed by atoms with Crippen molar-refractivity contribution in [2.24, 2.45) is 0 Å². The molecule has 4 rings (SSSR count). The average Bonchev–Trinajstić information content (AvgIpc) is 3.35. The third-order valence-electron chi connectivity index (χ3n) is 3.80. The quantitative estimate of drug-likeness (QED) is 0.562. The van der Waals surface area contributed by atoms with Crippen LogP contribution in [0.5, 0.6) is 0 Å². The third-order valence-corrected chi connectivity index (χ3v) is 3.80. The van der Waals surface area contributed by atoms with Crippen LogP contribution < -0.4 is 0 Å². The molecule has 0 amide bonds. The Morgan fingerprint density at radius 2 is 1.12 bits per heavy atom. The van der Waals surface area contributed by atoms with Crippen LogP contribution in [0.15, 0.2) is 36.8 Å². The fourth-order valence-electron chi connectivity index (χ4n) is 2.51. The van der Waals surface area contributed by atoms with E-state index in [4.69, 9.17) is 0 Å². The molecule has 0 unspecified atom stereocenters. The normalized spacial score (nSPS) is 11.2. The molecule has 4 aromatic rings. The van der Waals surface area contributed by atoms with Crippen molar-refractivity contribution in [3.05, 3.63) is 53.9 Å². The Kier molecular flexibility index (Phi) is 3.60. The molecule has 9 nitrogen and oxygen atoms in total. The van der Waals surface area contributed by atoms with Gasteiger partial charge in [-0.15, -0.1) is 15.3 Å². The van der Waals surface area contributed by atoms with Crippen molar-refractivity contribution < 1.29 is 0 Å². The fraction of sp³-hybridized carbons (Fsp3) is 0.250. The molecule has 0 saturated heterocycles. The second-order valence-corrected chi connectivity index (χ2v) is 5.82. The number of aromatic nitrogens is 9. The van der Waals surface area contributed by atoms with Crippen molar-refractivity contribution in [1.29, 1.82) is 0 Å². The Balaban J connectivity index is 1.88. The van der Waals surface area contributed by atoms with Gasteiger partial charge >= 0.3 is 0 Å². The summed E-state index contributed by atoms with van der Waals surface area (Å²) in [5, 5.41) is 24.8. The minimum Gasteiger partial charge on any atom is -0.220 e. The van der Waals surface area contributed by atoms with Crippen LogP contribution in [0.2, 0.25) is 0 Å². The zero-order chi connectivity index (χ0) is 17.4. The SMILES string of the molecule is CCc1cn(-c2cc(-n3cc(C)nn3)cc(-n3cc(C)nn3)c2)nn1. The van der Waals surface area contributed by atoms with E-state index in [0.717, 1.165) is 40.6 Å². The predicted molar refractivity (Wildman–Crippen MR) is 90.0 cm³/mol. The highest BCUT2D eigenvalue weighted by molar-refractivity contribution is 5.52. The van der Waals surface area contributed by atoms with Crippen LogP contribution >= 0.6 is 0 Å². The van der Waals surface area contributed by atoms with Crippen molar-refractivity contribution in [1.82, 2.24) is 45.0 Å². The average molecular weight is 335 g/mol. The molecule has 0 aliphatic rings. The second kappa shape index (κ2) is 5.93. The van der Waals surface area contributed by atoms with E-state index in [9.17, 15) is 0 Å². The maximum absolute atomic E-state index is 4.21. The highest BCUT2D eigenvalue weighted by Gasteiger charge is 2.10. The maximum Gasteiger partial charge on any atom is 0.0829 e. The molecule has 0 saturated carbocycles. The van der Waals surface area contributed by atoms with Gasteiger partial charge in [0.1, 0.15) is 0 Å². The Hall–Kier alpha value is -3.36. The molecule has 0 aliphatic carbocycles. The van der Waals surface area contributed by atoms with E-state index >= 15 is 0 Å². The number of hydrogen-bond acceptors (Lipinski definition) is 6. The van der Waals surface area contributed by atoms with E-state index in [-0.39, 0.29) is 0 Å². The summed E-state index contributed by atoms with van der Waals surface area (Å²) < 4.78 is 5.20. The van der Waals surface area contributed by atoms with E-state index in [2.05, 4.69) is 30.9 Å². The summed E-state index contributed by atoms with van der Waals surface area (Å²) in [6.45, 7) is 5.85. The highest BCUT2D eigenvalue weighted by Crippen LogP contribution is 2.20. The van der Waals surface area contributed by atoms with Gasteiger partial charge in [0.15, 0.2) is 0 Å². The minimum atomic E-state index is 0.830. The van der Waals surface area contributed by atoms with Gasteiger partial charge in [-0.05, 0) is 38.5 Å². The summed E-state index contributed by atoms with van der Waals surface area (Å²) in [6.07, 6.45) is 6.49. The zero-order valence-electron chi connectivity index (χ0n) is 14.2. The molecule has 25 heavy (non-hydrogen) atoms. The smallest absolute Gasteiger partial charge is 0.0829 e. The summed E-state index contributed by atoms with van der Waals surface area (Å²) in [5.74, 6) is 0. The van der Waals surface area contributed by atoms with Gasteiger partial charge in [-0.2, -0.15) is 0 Å². The Morgan fingerprint density at radius 3 is 1.48 bits per heavy atom. The van der Waals surface area contributed by atoms with Crippen molar-refractivity contribution in [3.8, 4) is 17.1 Å². The van der Waals surface area contributed by atoms with Gasteiger partial charge < -0.3 is 0 Å². The molecule has 3 heterocycles. The Bertz CT molecular complexity index is 965. The standard InChI is InChI=1S/C16H17N9/c1-4-13-10-25(22-19-13)16-6-14(23-8-11(2)17-20-23)5-15(7-16)24-9-12(3)18-21-24/h5-10H,4H2,1-3H3. The lowest BCUT2D eigenvalue weighted by Gasteiger charge is -2.09. The molecular weight excluding hydrogens is 318 g/mol. The number of nitrogens with zero attached hydrogens (tertiary/aromatic N) is 9. The van der Waals surface area contributed by atoms with Gasteiger partial charge in [0, 0.05) is 0 Å². The molecule has 0 fully saturated rings. The van der Waals surface area contributed by atoms with Crippen molar-refractivity contribution in [2.75, 3.05) is 0 Å². The van der Waals surface area contributed by atoms with Crippen LogP contribution in [0, 0.1) is 13.8 Å². The Labute approximate surface area is 143 Å². The lowest BCUT2D eigenvalue weighted by atomic mass is 10.2. The van der Waals surface area contributed by atoms with Gasteiger partial charge in [-0.3, -0.25) is 0 Å². The van der Waals surface area contributed by atoms with Gasteiger partial charge in [0.25, 0.3) is 0 Å². The van der Waals surface area contributed by atoms with Crippen molar-refractivity contribution in [3.63, 3.8) is 0 Å². The largest absolute Gasteiger partial charge is 0.220 e. The summed E-state index contributed by atoms with van der Waals surface area (Å²) >= 11 is 0. The first-order valence-corrected chi connectivity index (χ1v) is 7.97. The lowest BCUT2D eigenvalue weighted by molar-refractivity contribution is 0.767.